The molecule has 8 heteroatoms. The van der Waals surface area contributed by atoms with Crippen LogP contribution in [0, 0.1) is 10.1 Å². The number of nitro benzene ring substituents is 1. The molecule has 1 aliphatic rings. The van der Waals surface area contributed by atoms with E-state index in [-0.39, 0.29) is 30.0 Å². The number of rotatable bonds is 7. The molecule has 3 aromatic carbocycles. The number of fused-ring (bicyclic) bond motifs is 1. The highest BCUT2D eigenvalue weighted by Gasteiger charge is 2.40. The Morgan fingerprint density at radius 1 is 0.875 bits per heavy atom. The molecule has 0 atom stereocenters. The third-order valence-corrected chi connectivity index (χ3v) is 5.31. The van der Waals surface area contributed by atoms with Crippen LogP contribution in [-0.2, 0) is 4.79 Å². The van der Waals surface area contributed by atoms with Crippen molar-refractivity contribution in [1.29, 1.82) is 0 Å². The lowest BCUT2D eigenvalue weighted by Crippen LogP contribution is -2.36. The van der Waals surface area contributed by atoms with Crippen molar-refractivity contribution in [2.45, 2.75) is 12.5 Å². The van der Waals surface area contributed by atoms with E-state index in [1.54, 1.807) is 0 Å². The van der Waals surface area contributed by atoms with E-state index in [1.165, 1.54) is 18.2 Å². The molecule has 0 radical (unpaired) electrons. The molecule has 3 aromatic rings. The lowest BCUT2D eigenvalue weighted by atomic mass is 9.98. The summed E-state index contributed by atoms with van der Waals surface area (Å²) in [5.74, 6) is -1.74. The Balaban J connectivity index is 1.49. The van der Waals surface area contributed by atoms with Gasteiger partial charge in [0.2, 0.25) is 5.91 Å². The number of nitrogens with zero attached hydrogens (tertiary/aromatic N) is 2. The van der Waals surface area contributed by atoms with E-state index in [0.29, 0.717) is 0 Å². The molecule has 1 aliphatic heterocycles. The van der Waals surface area contributed by atoms with E-state index < -0.39 is 28.5 Å². The van der Waals surface area contributed by atoms with E-state index in [1.807, 2.05) is 60.7 Å². The maximum Gasteiger partial charge on any atom is 0.282 e. The van der Waals surface area contributed by atoms with Gasteiger partial charge in [0.1, 0.15) is 5.56 Å². The molecule has 0 saturated heterocycles. The second kappa shape index (κ2) is 8.81. The third kappa shape index (κ3) is 3.98. The van der Waals surface area contributed by atoms with Crippen LogP contribution in [0.4, 0.5) is 5.69 Å². The summed E-state index contributed by atoms with van der Waals surface area (Å²) in [5.41, 5.74) is 1.12. The van der Waals surface area contributed by atoms with Gasteiger partial charge in [-0.3, -0.25) is 29.4 Å². The summed E-state index contributed by atoms with van der Waals surface area (Å²) in [6, 6.07) is 22.4. The maximum absolute atomic E-state index is 12.7. The molecule has 1 heterocycles. The average Bonchev–Trinajstić information content (AvgIpc) is 3.06. The van der Waals surface area contributed by atoms with Crippen LogP contribution in [0.25, 0.3) is 0 Å². The predicted molar refractivity (Wildman–Crippen MR) is 116 cm³/mol. The van der Waals surface area contributed by atoms with Crippen molar-refractivity contribution >= 4 is 23.4 Å². The maximum atomic E-state index is 12.7. The number of carbonyl (C=O) groups is 3. The van der Waals surface area contributed by atoms with E-state index >= 15 is 0 Å². The first-order valence-electron chi connectivity index (χ1n) is 10.00. The van der Waals surface area contributed by atoms with E-state index in [4.69, 9.17) is 0 Å². The molecule has 32 heavy (non-hydrogen) atoms. The number of amides is 3. The minimum absolute atomic E-state index is 0.0175. The highest BCUT2D eigenvalue weighted by molar-refractivity contribution is 6.23. The average molecular weight is 429 g/mol. The third-order valence-electron chi connectivity index (χ3n) is 5.31. The summed E-state index contributed by atoms with van der Waals surface area (Å²) < 4.78 is 0. The molecule has 0 bridgehead atoms. The molecule has 0 unspecified atom stereocenters. The second-order valence-corrected chi connectivity index (χ2v) is 7.29. The Bertz CT molecular complexity index is 1160. The molecule has 1 N–H and O–H groups in total. The zero-order valence-electron chi connectivity index (χ0n) is 16.9. The number of nitrogens with one attached hydrogen (secondary N) is 1. The van der Waals surface area contributed by atoms with Gasteiger partial charge in [0.15, 0.2) is 0 Å². The Labute approximate surface area is 183 Å². The van der Waals surface area contributed by atoms with Gasteiger partial charge in [-0.1, -0.05) is 66.7 Å². The minimum atomic E-state index is -0.757. The van der Waals surface area contributed by atoms with Gasteiger partial charge in [-0.25, -0.2) is 0 Å². The topological polar surface area (TPSA) is 110 Å². The number of imide groups is 1. The van der Waals surface area contributed by atoms with Crippen LogP contribution in [0.3, 0.4) is 0 Å². The first-order valence-corrected chi connectivity index (χ1v) is 10.00. The van der Waals surface area contributed by atoms with Crippen LogP contribution in [0.15, 0.2) is 78.9 Å². The zero-order valence-corrected chi connectivity index (χ0v) is 16.9. The van der Waals surface area contributed by atoms with Crippen LogP contribution in [0.2, 0.25) is 0 Å². The van der Waals surface area contributed by atoms with Crippen molar-refractivity contribution < 1.29 is 19.3 Å². The fraction of sp³-hybridized carbons (Fsp3) is 0.125. The van der Waals surface area contributed by atoms with Gasteiger partial charge in [0.05, 0.1) is 16.5 Å². The summed E-state index contributed by atoms with van der Waals surface area (Å²) >= 11 is 0. The van der Waals surface area contributed by atoms with Crippen molar-refractivity contribution in [1.82, 2.24) is 10.2 Å². The van der Waals surface area contributed by atoms with Gasteiger partial charge in [-0.05, 0) is 17.2 Å². The number of hydrogen-bond donors (Lipinski definition) is 1. The summed E-state index contributed by atoms with van der Waals surface area (Å²) in [7, 11) is 0. The van der Waals surface area contributed by atoms with Gasteiger partial charge in [0, 0.05) is 19.0 Å². The van der Waals surface area contributed by atoms with Gasteiger partial charge >= 0.3 is 0 Å². The standard InChI is InChI=1S/C24H19N3O5/c28-20(25-22(16-8-3-1-4-9-16)17-10-5-2-6-11-17)14-15-26-23(29)18-12-7-13-19(27(31)32)21(18)24(26)30/h1-13,22H,14-15H2,(H,25,28). The summed E-state index contributed by atoms with van der Waals surface area (Å²) in [6.07, 6.45) is -0.130. The quantitative estimate of drug-likeness (QED) is 0.351. The normalized spacial score (nSPS) is 12.7. The fourth-order valence-electron chi connectivity index (χ4n) is 3.77. The second-order valence-electron chi connectivity index (χ2n) is 7.29. The predicted octanol–water partition coefficient (Wildman–Crippen LogP) is 3.49. The smallest absolute Gasteiger partial charge is 0.282 e. The first-order chi connectivity index (χ1) is 15.5. The molecule has 0 aliphatic carbocycles. The van der Waals surface area contributed by atoms with Gasteiger partial charge in [-0.15, -0.1) is 0 Å². The Morgan fingerprint density at radius 3 is 2.03 bits per heavy atom. The molecular weight excluding hydrogens is 410 g/mol. The monoisotopic (exact) mass is 429 g/mol. The lowest BCUT2D eigenvalue weighted by Gasteiger charge is -2.21. The molecule has 8 nitrogen and oxygen atoms in total. The summed E-state index contributed by atoms with van der Waals surface area (Å²) in [5, 5.41) is 14.2. The van der Waals surface area contributed by atoms with Crippen LogP contribution in [0.1, 0.15) is 44.3 Å². The molecule has 0 saturated carbocycles. The number of carbonyl (C=O) groups excluding carboxylic acids is 3. The molecule has 3 amide bonds. The summed E-state index contributed by atoms with van der Waals surface area (Å²) in [4.78, 5) is 49.5. The highest BCUT2D eigenvalue weighted by Crippen LogP contribution is 2.30. The van der Waals surface area contributed by atoms with Crippen molar-refractivity contribution in [2.24, 2.45) is 0 Å². The van der Waals surface area contributed by atoms with Crippen LogP contribution in [0.5, 0.6) is 0 Å². The van der Waals surface area contributed by atoms with Crippen molar-refractivity contribution in [3.63, 3.8) is 0 Å². The van der Waals surface area contributed by atoms with E-state index in [0.717, 1.165) is 16.0 Å². The van der Waals surface area contributed by atoms with Crippen LogP contribution in [-0.4, -0.2) is 34.1 Å². The summed E-state index contributed by atoms with van der Waals surface area (Å²) in [6.45, 7) is -0.175. The molecular formula is C24H19N3O5. The molecule has 0 spiro atoms. The molecule has 4 rings (SSSR count). The Morgan fingerprint density at radius 2 is 1.47 bits per heavy atom. The minimum Gasteiger partial charge on any atom is -0.345 e. The lowest BCUT2D eigenvalue weighted by molar-refractivity contribution is -0.385. The molecule has 160 valence electrons. The fourth-order valence-corrected chi connectivity index (χ4v) is 3.77. The number of hydrogen-bond acceptors (Lipinski definition) is 5. The first kappa shape index (κ1) is 20.9. The highest BCUT2D eigenvalue weighted by atomic mass is 16.6. The molecule has 0 aromatic heterocycles. The van der Waals surface area contributed by atoms with E-state index in [2.05, 4.69) is 5.32 Å². The largest absolute Gasteiger partial charge is 0.345 e. The number of benzene rings is 3. The van der Waals surface area contributed by atoms with Crippen LogP contribution < -0.4 is 5.32 Å². The van der Waals surface area contributed by atoms with Gasteiger partial charge in [-0.2, -0.15) is 0 Å². The van der Waals surface area contributed by atoms with Crippen LogP contribution >= 0.6 is 0 Å². The SMILES string of the molecule is O=C(CCN1C(=O)c2cccc([N+](=O)[O-])c2C1=O)NC(c1ccccc1)c1ccccc1. The van der Waals surface area contributed by atoms with Crippen molar-refractivity contribution in [3.8, 4) is 0 Å². The molecule has 0 fully saturated rings. The number of nitro groups is 1. The van der Waals surface area contributed by atoms with Crippen molar-refractivity contribution in [3.05, 3.63) is 111 Å². The van der Waals surface area contributed by atoms with Gasteiger partial charge < -0.3 is 5.32 Å². The van der Waals surface area contributed by atoms with Gasteiger partial charge in [0.25, 0.3) is 17.5 Å². The Kier molecular flexibility index (Phi) is 5.76. The zero-order chi connectivity index (χ0) is 22.7. The Hall–Kier alpha value is -4.33. The van der Waals surface area contributed by atoms with E-state index in [9.17, 15) is 24.5 Å². The van der Waals surface area contributed by atoms with Crippen molar-refractivity contribution in [2.75, 3.05) is 6.54 Å².